The molecule has 1 saturated heterocycles. The van der Waals surface area contributed by atoms with Gasteiger partial charge in [0.05, 0.1) is 24.1 Å². The highest BCUT2D eigenvalue weighted by Gasteiger charge is 2.45. The number of phenols is 7. The minimum atomic E-state index is -1.70. The highest BCUT2D eigenvalue weighted by atomic mass is 16.6. The minimum absolute atomic E-state index is 0.00243. The number of esters is 1. The maximum Gasteiger partial charge on any atom is 0.338 e. The first kappa shape index (κ1) is 34.1. The van der Waals surface area contributed by atoms with E-state index in [1.165, 1.54) is 18.3 Å². The molecular formula is C31H31N3O16. The van der Waals surface area contributed by atoms with Crippen molar-refractivity contribution >= 4 is 5.97 Å². The van der Waals surface area contributed by atoms with Crippen molar-refractivity contribution < 1.29 is 79.9 Å². The summed E-state index contributed by atoms with van der Waals surface area (Å²) in [4.78, 5) is 13.2. The van der Waals surface area contributed by atoms with Gasteiger partial charge in [-0.25, -0.2) is 9.48 Å². The number of ether oxygens (including phenoxy) is 4. The fraction of sp³-hybridized carbons (Fsp3) is 0.323. The molecular weight excluding hydrogens is 670 g/mol. The first-order valence-electron chi connectivity index (χ1n) is 14.8. The highest BCUT2D eigenvalue weighted by Crippen LogP contribution is 2.46. The molecule has 0 bridgehead atoms. The topological polar surface area (TPSA) is 307 Å². The second kappa shape index (κ2) is 13.3. The second-order valence-electron chi connectivity index (χ2n) is 11.6. The van der Waals surface area contributed by atoms with E-state index in [1.807, 2.05) is 0 Å². The van der Waals surface area contributed by atoms with Crippen LogP contribution in [0.4, 0.5) is 0 Å². The summed E-state index contributed by atoms with van der Waals surface area (Å²) < 4.78 is 24.4. The van der Waals surface area contributed by atoms with Crippen molar-refractivity contribution in [2.24, 2.45) is 0 Å². The molecule has 50 heavy (non-hydrogen) atoms. The Hall–Kier alpha value is -5.73. The predicted molar refractivity (Wildman–Crippen MR) is 161 cm³/mol. The van der Waals surface area contributed by atoms with Crippen LogP contribution in [0.25, 0.3) is 0 Å². The highest BCUT2D eigenvalue weighted by molar-refractivity contribution is 5.91. The van der Waals surface area contributed by atoms with Gasteiger partial charge in [0.2, 0.25) is 0 Å². The number of hydrogen-bond acceptors (Lipinski definition) is 18. The third-order valence-corrected chi connectivity index (χ3v) is 8.27. The molecule has 266 valence electrons. The molecule has 0 radical (unpaired) electrons. The summed E-state index contributed by atoms with van der Waals surface area (Å²) in [5.74, 6) is -6.17. The number of aromatic nitrogens is 3. The average Bonchev–Trinajstić information content (AvgIpc) is 3.55. The Balaban J connectivity index is 1.32. The average molecular weight is 702 g/mol. The van der Waals surface area contributed by atoms with Crippen molar-refractivity contribution in [3.8, 4) is 51.7 Å². The molecule has 2 aliphatic rings. The second-order valence-corrected chi connectivity index (χ2v) is 11.6. The van der Waals surface area contributed by atoms with Crippen molar-refractivity contribution in [3.63, 3.8) is 0 Å². The summed E-state index contributed by atoms with van der Waals surface area (Å²) in [5.41, 5.74) is 0.0752. The molecule has 0 saturated carbocycles. The number of phenolic OH excluding ortho intramolecular Hbond substituents is 7. The Kier molecular flexibility index (Phi) is 9.08. The lowest BCUT2D eigenvalue weighted by Gasteiger charge is -2.40. The first-order chi connectivity index (χ1) is 23.8. The zero-order valence-electron chi connectivity index (χ0n) is 25.5. The standard InChI is InChI=1S/C31H31N3O16/c35-9-23-26(43)27(44)28(45)30(49-23)34-13(8-32-33-34)10-47-20-5-14(36)6-21-15(20)7-22(29(48-21)11-1-16(37)24(41)17(38)2-11)50-31(46)12-3-18(39)25(42)19(40)4-12/h1-6,8,22-23,26-30,35-45H,7,9-10H2/t22-,23-,26-,27+,28-,29-,30-/m1/s1. The Labute approximate surface area is 280 Å². The van der Waals surface area contributed by atoms with E-state index in [0.717, 1.165) is 28.9 Å². The van der Waals surface area contributed by atoms with E-state index >= 15 is 0 Å². The van der Waals surface area contributed by atoms with Crippen LogP contribution in [0.5, 0.6) is 51.7 Å². The third-order valence-electron chi connectivity index (χ3n) is 8.27. The summed E-state index contributed by atoms with van der Waals surface area (Å²) in [6, 6.07) is 6.25. The zero-order chi connectivity index (χ0) is 36.0. The number of hydrogen-bond donors (Lipinski definition) is 11. The molecule has 2 aliphatic heterocycles. The molecule has 0 amide bonds. The Bertz CT molecular complexity index is 1870. The summed E-state index contributed by atoms with van der Waals surface area (Å²) >= 11 is 0. The van der Waals surface area contributed by atoms with Crippen LogP contribution in [-0.4, -0.2) is 114 Å². The van der Waals surface area contributed by atoms with E-state index in [1.54, 1.807) is 0 Å². The first-order valence-corrected chi connectivity index (χ1v) is 14.8. The Morgan fingerprint density at radius 1 is 0.860 bits per heavy atom. The van der Waals surface area contributed by atoms with Crippen molar-refractivity contribution in [2.75, 3.05) is 6.61 Å². The quantitative estimate of drug-likeness (QED) is 0.0827. The Morgan fingerprint density at radius 3 is 2.14 bits per heavy atom. The molecule has 11 N–H and O–H groups in total. The van der Waals surface area contributed by atoms with Gasteiger partial charge >= 0.3 is 5.97 Å². The molecule has 4 aromatic rings. The van der Waals surface area contributed by atoms with Crippen LogP contribution in [0.1, 0.15) is 39.5 Å². The van der Waals surface area contributed by atoms with Crippen LogP contribution in [0.3, 0.4) is 0 Å². The molecule has 7 atom stereocenters. The minimum Gasteiger partial charge on any atom is -0.508 e. The van der Waals surface area contributed by atoms with Gasteiger partial charge in [0.25, 0.3) is 0 Å². The largest absolute Gasteiger partial charge is 0.508 e. The number of carbonyl (C=O) groups is 1. The fourth-order valence-electron chi connectivity index (χ4n) is 5.68. The van der Waals surface area contributed by atoms with E-state index in [4.69, 9.17) is 18.9 Å². The molecule has 1 aromatic heterocycles. The van der Waals surface area contributed by atoms with E-state index in [-0.39, 0.29) is 52.7 Å². The Morgan fingerprint density at radius 2 is 1.50 bits per heavy atom. The van der Waals surface area contributed by atoms with E-state index in [2.05, 4.69) is 10.3 Å². The van der Waals surface area contributed by atoms with Gasteiger partial charge in [-0.15, -0.1) is 5.10 Å². The smallest absolute Gasteiger partial charge is 0.338 e. The van der Waals surface area contributed by atoms with Crippen LogP contribution >= 0.6 is 0 Å². The molecule has 3 aromatic carbocycles. The molecule has 1 fully saturated rings. The van der Waals surface area contributed by atoms with Gasteiger partial charge in [0.1, 0.15) is 54.4 Å². The van der Waals surface area contributed by atoms with Crippen LogP contribution in [0.15, 0.2) is 42.6 Å². The van der Waals surface area contributed by atoms with Crippen molar-refractivity contribution in [3.05, 3.63) is 65.0 Å². The van der Waals surface area contributed by atoms with Crippen molar-refractivity contribution in [2.45, 2.75) is 55.9 Å². The predicted octanol–water partition coefficient (Wildman–Crippen LogP) is -0.330. The van der Waals surface area contributed by atoms with Crippen LogP contribution < -0.4 is 9.47 Å². The van der Waals surface area contributed by atoms with Crippen molar-refractivity contribution in [1.82, 2.24) is 15.0 Å². The van der Waals surface area contributed by atoms with Gasteiger partial charge in [0.15, 0.2) is 46.8 Å². The lowest BCUT2D eigenvalue weighted by Crippen LogP contribution is -2.56. The zero-order valence-corrected chi connectivity index (χ0v) is 25.5. The maximum absolute atomic E-state index is 13.2. The lowest BCUT2D eigenvalue weighted by atomic mass is 9.93. The number of benzene rings is 3. The van der Waals surface area contributed by atoms with Gasteiger partial charge in [0, 0.05) is 29.7 Å². The number of nitrogens with zero attached hydrogens (tertiary/aromatic N) is 3. The number of carbonyl (C=O) groups excluding carboxylic acids is 1. The SMILES string of the molecule is O=C(O[C@@H]1Cc2c(OCc3cnnn3[C@@H]3O[C@H](CO)[C@@H](O)[C@H](O)[C@H]3O)cc(O)cc2O[C@@H]1c1cc(O)c(O)c(O)c1)c1cc(O)c(O)c(O)c1. The molecule has 19 nitrogen and oxygen atoms in total. The molecule has 3 heterocycles. The normalized spacial score (nSPS) is 24.6. The number of aromatic hydroxyl groups is 7. The van der Waals surface area contributed by atoms with Gasteiger partial charge < -0.3 is 75.1 Å². The maximum atomic E-state index is 13.2. The number of fused-ring (bicyclic) bond motifs is 1. The number of aliphatic hydroxyl groups is 4. The molecule has 19 heteroatoms. The van der Waals surface area contributed by atoms with E-state index in [9.17, 15) is 61.0 Å². The third kappa shape index (κ3) is 6.26. The molecule has 0 unspecified atom stereocenters. The molecule has 0 spiro atoms. The van der Waals surface area contributed by atoms with Crippen LogP contribution in [0, 0.1) is 0 Å². The van der Waals surface area contributed by atoms with Crippen LogP contribution in [0.2, 0.25) is 0 Å². The number of rotatable bonds is 8. The molecule has 0 aliphatic carbocycles. The van der Waals surface area contributed by atoms with Crippen molar-refractivity contribution in [1.29, 1.82) is 0 Å². The van der Waals surface area contributed by atoms with E-state index < -0.39 is 89.9 Å². The summed E-state index contributed by atoms with van der Waals surface area (Å²) in [6.07, 6.45) is -9.17. The summed E-state index contributed by atoms with van der Waals surface area (Å²) in [5, 5.41) is 119. The van der Waals surface area contributed by atoms with Gasteiger partial charge in [-0.05, 0) is 24.3 Å². The summed E-state index contributed by atoms with van der Waals surface area (Å²) in [7, 11) is 0. The van der Waals surface area contributed by atoms with Gasteiger partial charge in [-0.2, -0.15) is 0 Å². The fourth-order valence-corrected chi connectivity index (χ4v) is 5.68. The van der Waals surface area contributed by atoms with Gasteiger partial charge in [-0.1, -0.05) is 5.21 Å². The summed E-state index contributed by atoms with van der Waals surface area (Å²) in [6.45, 7) is -1.03. The van der Waals surface area contributed by atoms with Gasteiger partial charge in [-0.3, -0.25) is 0 Å². The number of aliphatic hydroxyl groups excluding tert-OH is 4. The lowest BCUT2D eigenvalue weighted by molar-refractivity contribution is -0.254. The molecule has 6 rings (SSSR count). The van der Waals surface area contributed by atoms with E-state index in [0.29, 0.717) is 0 Å². The van der Waals surface area contributed by atoms with Crippen LogP contribution in [-0.2, 0) is 22.5 Å². The monoisotopic (exact) mass is 701 g/mol.